The quantitative estimate of drug-likeness (QED) is 0.824. The molecule has 27 heavy (non-hydrogen) atoms. The fourth-order valence-electron chi connectivity index (χ4n) is 3.39. The van der Waals surface area contributed by atoms with Gasteiger partial charge in [0.25, 0.3) is 0 Å². The molecule has 1 saturated heterocycles. The molecule has 6 nitrogen and oxygen atoms in total. The maximum absolute atomic E-state index is 12.3. The topological polar surface area (TPSA) is 70.7 Å². The Morgan fingerprint density at radius 1 is 1.11 bits per heavy atom. The number of amides is 3. The number of imide groups is 1. The van der Waals surface area contributed by atoms with E-state index in [1.54, 1.807) is 7.11 Å². The summed E-state index contributed by atoms with van der Waals surface area (Å²) in [5.41, 5.74) is 2.15. The molecule has 3 rings (SSSR count). The Balaban J connectivity index is 1.49. The molecule has 0 bridgehead atoms. The molecule has 142 valence electrons. The summed E-state index contributed by atoms with van der Waals surface area (Å²) in [6.45, 7) is 1.43. The van der Waals surface area contributed by atoms with Crippen LogP contribution >= 0.6 is 0 Å². The Morgan fingerprint density at radius 2 is 1.85 bits per heavy atom. The van der Waals surface area contributed by atoms with Gasteiger partial charge in [-0.25, -0.2) is 4.79 Å². The van der Waals surface area contributed by atoms with Crippen LogP contribution in [0.4, 0.5) is 4.79 Å². The second-order valence-corrected chi connectivity index (χ2v) is 6.62. The molecular formula is C21H25N3O3. The van der Waals surface area contributed by atoms with Crippen LogP contribution in [0.15, 0.2) is 54.6 Å². The van der Waals surface area contributed by atoms with Crippen molar-refractivity contribution in [2.75, 3.05) is 20.2 Å². The van der Waals surface area contributed by atoms with E-state index in [1.165, 1.54) is 0 Å². The molecule has 1 unspecified atom stereocenters. The van der Waals surface area contributed by atoms with Crippen LogP contribution in [-0.2, 0) is 11.3 Å². The van der Waals surface area contributed by atoms with Crippen LogP contribution in [0.25, 0.3) is 0 Å². The lowest BCUT2D eigenvalue weighted by atomic mass is 10.0. The Kier molecular flexibility index (Phi) is 6.44. The number of nitrogens with one attached hydrogen (secondary N) is 2. The van der Waals surface area contributed by atoms with Gasteiger partial charge >= 0.3 is 6.03 Å². The fourth-order valence-corrected chi connectivity index (χ4v) is 3.39. The lowest BCUT2D eigenvalue weighted by Gasteiger charge is -2.24. The zero-order chi connectivity index (χ0) is 19.1. The second kappa shape index (κ2) is 9.19. The lowest BCUT2D eigenvalue weighted by Crippen LogP contribution is -2.44. The molecule has 3 amide bonds. The summed E-state index contributed by atoms with van der Waals surface area (Å²) in [7, 11) is 1.64. The Hall–Kier alpha value is -2.86. The van der Waals surface area contributed by atoms with E-state index in [4.69, 9.17) is 4.74 Å². The molecule has 1 atom stereocenters. The van der Waals surface area contributed by atoms with Crippen LogP contribution < -0.4 is 15.4 Å². The highest BCUT2D eigenvalue weighted by Gasteiger charge is 2.27. The van der Waals surface area contributed by atoms with Crippen molar-refractivity contribution < 1.29 is 14.3 Å². The molecule has 0 aromatic heterocycles. The number of carbonyl (C=O) groups is 2. The molecule has 2 aromatic carbocycles. The first kappa shape index (κ1) is 18.9. The summed E-state index contributed by atoms with van der Waals surface area (Å²) in [5, 5.41) is 5.12. The maximum atomic E-state index is 12.3. The van der Waals surface area contributed by atoms with Crippen molar-refractivity contribution in [1.29, 1.82) is 0 Å². The van der Waals surface area contributed by atoms with Gasteiger partial charge in [0.1, 0.15) is 5.75 Å². The minimum atomic E-state index is -0.468. The van der Waals surface area contributed by atoms with Crippen LogP contribution in [0.2, 0.25) is 0 Å². The van der Waals surface area contributed by atoms with Crippen molar-refractivity contribution in [3.05, 3.63) is 65.7 Å². The average Bonchev–Trinajstić information content (AvgIpc) is 3.15. The average molecular weight is 367 g/mol. The Labute approximate surface area is 159 Å². The summed E-state index contributed by atoms with van der Waals surface area (Å²) >= 11 is 0. The van der Waals surface area contributed by atoms with Crippen molar-refractivity contribution in [2.45, 2.75) is 25.4 Å². The standard InChI is InChI=1S/C21H25N3O3/c1-27-18-11-9-17(10-12-18)19-8-5-13-24(19)15-20(25)23-21(26)22-14-16-6-3-2-4-7-16/h2-4,6-7,9-12,19H,5,8,13-15H2,1H3,(H2,22,23,25,26). The molecule has 0 spiro atoms. The van der Waals surface area contributed by atoms with Crippen molar-refractivity contribution in [3.63, 3.8) is 0 Å². The second-order valence-electron chi connectivity index (χ2n) is 6.62. The molecule has 0 aliphatic carbocycles. The predicted molar refractivity (Wildman–Crippen MR) is 103 cm³/mol. The zero-order valence-electron chi connectivity index (χ0n) is 15.5. The van der Waals surface area contributed by atoms with Gasteiger partial charge in [0.05, 0.1) is 13.7 Å². The summed E-state index contributed by atoms with van der Waals surface area (Å²) in [5.74, 6) is 0.525. The lowest BCUT2D eigenvalue weighted by molar-refractivity contribution is -0.121. The minimum absolute atomic E-state index is 0.189. The summed E-state index contributed by atoms with van der Waals surface area (Å²) in [4.78, 5) is 26.3. The highest BCUT2D eigenvalue weighted by molar-refractivity contribution is 5.95. The normalized spacial score (nSPS) is 16.7. The Morgan fingerprint density at radius 3 is 2.56 bits per heavy atom. The van der Waals surface area contributed by atoms with Crippen LogP contribution in [0.1, 0.15) is 30.0 Å². The van der Waals surface area contributed by atoms with Crippen LogP contribution in [-0.4, -0.2) is 37.0 Å². The van der Waals surface area contributed by atoms with Crippen LogP contribution in [0.5, 0.6) is 5.75 Å². The van der Waals surface area contributed by atoms with Gasteiger partial charge in [0.15, 0.2) is 0 Å². The van der Waals surface area contributed by atoms with Crippen molar-refractivity contribution in [1.82, 2.24) is 15.5 Å². The first-order chi connectivity index (χ1) is 13.2. The molecule has 2 N–H and O–H groups in total. The van der Waals surface area contributed by atoms with Gasteiger partial charge in [0.2, 0.25) is 5.91 Å². The molecule has 1 aliphatic rings. The third-order valence-corrected chi connectivity index (χ3v) is 4.76. The van der Waals surface area contributed by atoms with Gasteiger partial charge in [-0.3, -0.25) is 15.0 Å². The number of hydrogen-bond donors (Lipinski definition) is 2. The van der Waals surface area contributed by atoms with E-state index in [1.807, 2.05) is 54.6 Å². The number of urea groups is 1. The molecule has 6 heteroatoms. The van der Waals surface area contributed by atoms with Crippen molar-refractivity contribution in [3.8, 4) is 5.75 Å². The SMILES string of the molecule is COc1ccc(C2CCCN2CC(=O)NC(=O)NCc2ccccc2)cc1. The largest absolute Gasteiger partial charge is 0.497 e. The summed E-state index contributed by atoms with van der Waals surface area (Å²) in [6.07, 6.45) is 2.03. The van der Waals surface area contributed by atoms with Gasteiger partial charge in [-0.15, -0.1) is 0 Å². The minimum Gasteiger partial charge on any atom is -0.497 e. The van der Waals surface area contributed by atoms with E-state index in [0.717, 1.165) is 36.3 Å². The predicted octanol–water partition coefficient (Wildman–Crippen LogP) is 2.86. The monoisotopic (exact) mass is 367 g/mol. The molecule has 1 aliphatic heterocycles. The summed E-state index contributed by atoms with van der Waals surface area (Å²) < 4.78 is 5.20. The van der Waals surface area contributed by atoms with Gasteiger partial charge in [-0.1, -0.05) is 42.5 Å². The smallest absolute Gasteiger partial charge is 0.321 e. The van der Waals surface area contributed by atoms with Crippen LogP contribution in [0.3, 0.4) is 0 Å². The number of ether oxygens (including phenoxy) is 1. The molecular weight excluding hydrogens is 342 g/mol. The van der Waals surface area contributed by atoms with Gasteiger partial charge in [-0.2, -0.15) is 0 Å². The fraction of sp³-hybridized carbons (Fsp3) is 0.333. The third kappa shape index (κ3) is 5.31. The van der Waals surface area contributed by atoms with E-state index >= 15 is 0 Å². The number of hydrogen-bond acceptors (Lipinski definition) is 4. The van der Waals surface area contributed by atoms with E-state index < -0.39 is 6.03 Å². The molecule has 2 aromatic rings. The van der Waals surface area contributed by atoms with Gasteiger partial charge in [-0.05, 0) is 42.6 Å². The number of nitrogens with zero attached hydrogens (tertiary/aromatic N) is 1. The first-order valence-corrected chi connectivity index (χ1v) is 9.15. The number of methoxy groups -OCH3 is 1. The van der Waals surface area contributed by atoms with E-state index in [9.17, 15) is 9.59 Å². The van der Waals surface area contributed by atoms with E-state index in [0.29, 0.717) is 6.54 Å². The first-order valence-electron chi connectivity index (χ1n) is 9.15. The van der Waals surface area contributed by atoms with Crippen molar-refractivity contribution in [2.24, 2.45) is 0 Å². The highest BCUT2D eigenvalue weighted by Crippen LogP contribution is 2.32. The maximum Gasteiger partial charge on any atom is 0.321 e. The van der Waals surface area contributed by atoms with E-state index in [-0.39, 0.29) is 18.5 Å². The molecule has 1 fully saturated rings. The number of rotatable bonds is 6. The van der Waals surface area contributed by atoms with Gasteiger partial charge < -0.3 is 10.1 Å². The van der Waals surface area contributed by atoms with Gasteiger partial charge in [0, 0.05) is 12.6 Å². The zero-order valence-corrected chi connectivity index (χ0v) is 15.5. The number of benzene rings is 2. The number of likely N-dealkylation sites (tertiary alicyclic amines) is 1. The highest BCUT2D eigenvalue weighted by atomic mass is 16.5. The van der Waals surface area contributed by atoms with E-state index in [2.05, 4.69) is 15.5 Å². The summed E-state index contributed by atoms with van der Waals surface area (Å²) in [6, 6.07) is 17.2. The van der Waals surface area contributed by atoms with Crippen molar-refractivity contribution >= 4 is 11.9 Å². The third-order valence-electron chi connectivity index (χ3n) is 4.76. The van der Waals surface area contributed by atoms with Crippen LogP contribution in [0, 0.1) is 0 Å². The molecule has 1 heterocycles. The Bertz CT molecular complexity index is 762. The molecule has 0 radical (unpaired) electrons. The molecule has 0 saturated carbocycles. The number of carbonyl (C=O) groups excluding carboxylic acids is 2.